The van der Waals surface area contributed by atoms with Crippen LogP contribution in [-0.2, 0) is 17.1 Å². The van der Waals surface area contributed by atoms with Crippen molar-refractivity contribution in [2.45, 2.75) is 30.3 Å². The summed E-state index contributed by atoms with van der Waals surface area (Å²) in [6, 6.07) is -0.151. The maximum Gasteiger partial charge on any atom is 0.263 e. The number of nitrogens with zero attached hydrogens (tertiary/aromatic N) is 3. The van der Waals surface area contributed by atoms with Gasteiger partial charge in [0.05, 0.1) is 6.33 Å². The molecule has 1 saturated heterocycles. The second-order valence-corrected chi connectivity index (χ2v) is 6.62. The van der Waals surface area contributed by atoms with Crippen molar-refractivity contribution < 1.29 is 8.42 Å². The number of hydrogen-bond donors (Lipinski definition) is 1. The van der Waals surface area contributed by atoms with Gasteiger partial charge in [0.1, 0.15) is 5.15 Å². The van der Waals surface area contributed by atoms with E-state index in [0.717, 1.165) is 19.3 Å². The van der Waals surface area contributed by atoms with Gasteiger partial charge in [0, 0.05) is 26.2 Å². The quantitative estimate of drug-likeness (QED) is 0.883. The molecule has 0 saturated carbocycles. The van der Waals surface area contributed by atoms with Gasteiger partial charge in [-0.3, -0.25) is 0 Å². The molecule has 2 heterocycles. The number of piperidine rings is 1. The Bertz CT molecular complexity index is 528. The summed E-state index contributed by atoms with van der Waals surface area (Å²) < 4.78 is 27.9. The minimum absolute atomic E-state index is 0.0768. The van der Waals surface area contributed by atoms with Gasteiger partial charge in [-0.2, -0.15) is 4.31 Å². The van der Waals surface area contributed by atoms with E-state index in [1.54, 1.807) is 7.05 Å². The zero-order valence-electron chi connectivity index (χ0n) is 10.2. The van der Waals surface area contributed by atoms with E-state index < -0.39 is 10.0 Å². The lowest BCUT2D eigenvalue weighted by molar-refractivity contribution is 0.257. The van der Waals surface area contributed by atoms with E-state index in [0.29, 0.717) is 13.1 Å². The molecule has 2 rings (SSSR count). The first-order valence-electron chi connectivity index (χ1n) is 5.87. The molecular weight excluding hydrogens is 276 g/mol. The van der Waals surface area contributed by atoms with Crippen LogP contribution in [0.3, 0.4) is 0 Å². The summed E-state index contributed by atoms with van der Waals surface area (Å²) in [6.07, 6.45) is 4.04. The van der Waals surface area contributed by atoms with E-state index in [9.17, 15) is 8.42 Å². The van der Waals surface area contributed by atoms with Gasteiger partial charge in [0.15, 0.2) is 0 Å². The summed E-state index contributed by atoms with van der Waals surface area (Å²) in [5.74, 6) is 0. The van der Waals surface area contributed by atoms with E-state index >= 15 is 0 Å². The Labute approximate surface area is 112 Å². The van der Waals surface area contributed by atoms with Gasteiger partial charge in [-0.05, 0) is 12.8 Å². The standard InChI is InChI=1S/C10H17ClN4O2S/c1-14-7-13-10(9(14)11)18(16,17)15-5-3-2-4-8(15)6-12/h7-8H,2-6,12H2,1H3. The number of halogens is 1. The molecule has 1 aliphatic rings. The summed E-state index contributed by atoms with van der Waals surface area (Å²) in [7, 11) is -1.99. The van der Waals surface area contributed by atoms with E-state index in [4.69, 9.17) is 17.3 Å². The lowest BCUT2D eigenvalue weighted by Gasteiger charge is -2.33. The van der Waals surface area contributed by atoms with Crippen molar-refractivity contribution in [1.82, 2.24) is 13.9 Å². The SMILES string of the molecule is Cn1cnc(S(=O)(=O)N2CCCCC2CN)c1Cl. The fourth-order valence-corrected chi connectivity index (χ4v) is 4.30. The number of nitrogens with two attached hydrogens (primary N) is 1. The largest absolute Gasteiger partial charge is 0.329 e. The number of sulfonamides is 1. The Morgan fingerprint density at radius 2 is 2.28 bits per heavy atom. The van der Waals surface area contributed by atoms with Crippen LogP contribution in [0.25, 0.3) is 0 Å². The third-order valence-electron chi connectivity index (χ3n) is 3.23. The van der Waals surface area contributed by atoms with Crippen LogP contribution in [0.4, 0.5) is 0 Å². The van der Waals surface area contributed by atoms with Crippen LogP contribution >= 0.6 is 11.6 Å². The van der Waals surface area contributed by atoms with Crippen LogP contribution in [0.2, 0.25) is 5.15 Å². The highest BCUT2D eigenvalue weighted by Crippen LogP contribution is 2.27. The van der Waals surface area contributed by atoms with Gasteiger partial charge >= 0.3 is 0 Å². The Morgan fingerprint density at radius 1 is 1.56 bits per heavy atom. The first-order chi connectivity index (χ1) is 8.48. The van der Waals surface area contributed by atoms with Crippen LogP contribution in [0.15, 0.2) is 11.4 Å². The minimum atomic E-state index is -3.64. The zero-order chi connectivity index (χ0) is 13.3. The molecule has 6 nitrogen and oxygen atoms in total. The van der Waals surface area contributed by atoms with E-state index in [1.807, 2.05) is 0 Å². The van der Waals surface area contributed by atoms with Gasteiger partial charge < -0.3 is 10.3 Å². The fourth-order valence-electron chi connectivity index (χ4n) is 2.20. The summed E-state index contributed by atoms with van der Waals surface area (Å²) >= 11 is 5.97. The molecule has 102 valence electrons. The molecule has 2 N–H and O–H groups in total. The average molecular weight is 293 g/mol. The lowest BCUT2D eigenvalue weighted by Crippen LogP contribution is -2.47. The molecule has 0 aliphatic carbocycles. The van der Waals surface area contributed by atoms with Gasteiger partial charge in [0.2, 0.25) is 5.03 Å². The molecule has 18 heavy (non-hydrogen) atoms. The molecule has 1 aliphatic heterocycles. The van der Waals surface area contributed by atoms with Crippen molar-refractivity contribution in [2.24, 2.45) is 12.8 Å². The van der Waals surface area contributed by atoms with Gasteiger partial charge in [-0.1, -0.05) is 18.0 Å². The third kappa shape index (κ3) is 2.27. The average Bonchev–Trinajstić information content (AvgIpc) is 2.70. The Hall–Kier alpha value is -0.630. The molecule has 1 fully saturated rings. The second-order valence-electron chi connectivity index (χ2n) is 4.45. The lowest BCUT2D eigenvalue weighted by atomic mass is 10.1. The highest BCUT2D eigenvalue weighted by atomic mass is 35.5. The summed E-state index contributed by atoms with van der Waals surface area (Å²) in [6.45, 7) is 0.806. The minimum Gasteiger partial charge on any atom is -0.329 e. The van der Waals surface area contributed by atoms with Crippen LogP contribution < -0.4 is 5.73 Å². The number of imidazole rings is 1. The highest BCUT2D eigenvalue weighted by molar-refractivity contribution is 7.89. The van der Waals surface area contributed by atoms with Gasteiger partial charge in [0.25, 0.3) is 10.0 Å². The number of aryl methyl sites for hydroxylation is 1. The van der Waals surface area contributed by atoms with Crippen LogP contribution in [-0.4, -0.2) is 41.4 Å². The van der Waals surface area contributed by atoms with Crippen molar-refractivity contribution in [3.05, 3.63) is 11.5 Å². The van der Waals surface area contributed by atoms with Gasteiger partial charge in [-0.25, -0.2) is 13.4 Å². The van der Waals surface area contributed by atoms with Crippen LogP contribution in [0.1, 0.15) is 19.3 Å². The molecule has 1 unspecified atom stereocenters. The van der Waals surface area contributed by atoms with Crippen molar-refractivity contribution in [3.63, 3.8) is 0 Å². The number of hydrogen-bond acceptors (Lipinski definition) is 4. The normalized spacial score (nSPS) is 22.3. The van der Waals surface area contributed by atoms with Crippen molar-refractivity contribution in [3.8, 4) is 0 Å². The van der Waals surface area contributed by atoms with Gasteiger partial charge in [-0.15, -0.1) is 0 Å². The van der Waals surface area contributed by atoms with Crippen LogP contribution in [0.5, 0.6) is 0 Å². The molecule has 0 amide bonds. The van der Waals surface area contributed by atoms with E-state index in [2.05, 4.69) is 4.98 Å². The topological polar surface area (TPSA) is 81.2 Å². The molecule has 1 atom stereocenters. The molecule has 0 bridgehead atoms. The molecule has 0 aromatic carbocycles. The molecular formula is C10H17ClN4O2S. The van der Waals surface area contributed by atoms with E-state index in [1.165, 1.54) is 15.2 Å². The fraction of sp³-hybridized carbons (Fsp3) is 0.700. The Balaban J connectivity index is 2.38. The second kappa shape index (κ2) is 5.16. The molecule has 1 aromatic rings. The maximum atomic E-state index is 12.5. The number of aromatic nitrogens is 2. The summed E-state index contributed by atoms with van der Waals surface area (Å²) in [4.78, 5) is 3.89. The summed E-state index contributed by atoms with van der Waals surface area (Å²) in [5, 5.41) is 0.0587. The van der Waals surface area contributed by atoms with Crippen molar-refractivity contribution in [2.75, 3.05) is 13.1 Å². The Morgan fingerprint density at radius 3 is 2.83 bits per heavy atom. The smallest absolute Gasteiger partial charge is 0.263 e. The highest BCUT2D eigenvalue weighted by Gasteiger charge is 2.35. The maximum absolute atomic E-state index is 12.5. The van der Waals surface area contributed by atoms with Crippen LogP contribution in [0, 0.1) is 0 Å². The summed E-state index contributed by atoms with van der Waals surface area (Å²) in [5.41, 5.74) is 5.65. The van der Waals surface area contributed by atoms with E-state index in [-0.39, 0.29) is 16.2 Å². The van der Waals surface area contributed by atoms with Crippen molar-refractivity contribution in [1.29, 1.82) is 0 Å². The predicted octanol–water partition coefficient (Wildman–Crippen LogP) is 0.575. The van der Waals surface area contributed by atoms with Crippen molar-refractivity contribution >= 4 is 21.6 Å². The Kier molecular flexibility index (Phi) is 3.96. The molecule has 0 spiro atoms. The molecule has 8 heteroatoms. The molecule has 1 aromatic heterocycles. The zero-order valence-corrected chi connectivity index (χ0v) is 11.8. The third-order valence-corrected chi connectivity index (χ3v) is 5.68. The molecule has 0 radical (unpaired) electrons. The first kappa shape index (κ1) is 13.8. The first-order valence-corrected chi connectivity index (χ1v) is 7.69. The monoisotopic (exact) mass is 292 g/mol. The predicted molar refractivity (Wildman–Crippen MR) is 68.8 cm³/mol. The number of rotatable bonds is 3.